The Labute approximate surface area is 126 Å². The molecule has 0 aromatic heterocycles. The van der Waals surface area contributed by atoms with Crippen LogP contribution in [0.5, 0.6) is 11.5 Å². The van der Waals surface area contributed by atoms with Crippen molar-refractivity contribution in [3.8, 4) is 11.5 Å². The van der Waals surface area contributed by atoms with E-state index in [9.17, 15) is 9.90 Å². The quantitative estimate of drug-likeness (QED) is 0.890. The van der Waals surface area contributed by atoms with Gasteiger partial charge in [-0.3, -0.25) is 9.69 Å². The molecule has 1 saturated heterocycles. The van der Waals surface area contributed by atoms with Gasteiger partial charge in [0.25, 0.3) is 0 Å². The molecule has 1 aromatic rings. The maximum atomic E-state index is 11.2. The van der Waals surface area contributed by atoms with Gasteiger partial charge in [0.2, 0.25) is 0 Å². The third kappa shape index (κ3) is 3.07. The topological polar surface area (TPSA) is 59.0 Å². The SMILES string of the molecule is COc1cc(Br)c(CN2CCCC2C(=O)O)cc1OC. The van der Waals surface area contributed by atoms with Gasteiger partial charge < -0.3 is 14.6 Å². The second kappa shape index (κ2) is 6.45. The van der Waals surface area contributed by atoms with Crippen LogP contribution in [0.25, 0.3) is 0 Å². The van der Waals surface area contributed by atoms with E-state index in [4.69, 9.17) is 9.47 Å². The molecule has 1 aliphatic heterocycles. The van der Waals surface area contributed by atoms with Crippen molar-refractivity contribution in [3.05, 3.63) is 22.2 Å². The third-order valence-electron chi connectivity index (χ3n) is 3.57. The van der Waals surface area contributed by atoms with E-state index in [1.807, 2.05) is 17.0 Å². The molecule has 110 valence electrons. The largest absolute Gasteiger partial charge is 0.493 e. The molecule has 0 radical (unpaired) electrons. The molecule has 1 aromatic carbocycles. The maximum Gasteiger partial charge on any atom is 0.320 e. The molecule has 0 amide bonds. The number of carboxylic acids is 1. The molecule has 20 heavy (non-hydrogen) atoms. The molecule has 0 saturated carbocycles. The second-order valence-electron chi connectivity index (χ2n) is 4.77. The second-order valence-corrected chi connectivity index (χ2v) is 5.62. The molecule has 5 nitrogen and oxygen atoms in total. The molecule has 6 heteroatoms. The number of aliphatic carboxylic acids is 1. The van der Waals surface area contributed by atoms with E-state index in [-0.39, 0.29) is 0 Å². The fourth-order valence-corrected chi connectivity index (χ4v) is 2.98. The van der Waals surface area contributed by atoms with Crippen molar-refractivity contribution in [1.29, 1.82) is 0 Å². The molecule has 0 bridgehead atoms. The van der Waals surface area contributed by atoms with Gasteiger partial charge in [0, 0.05) is 11.0 Å². The van der Waals surface area contributed by atoms with Crippen LogP contribution in [0.15, 0.2) is 16.6 Å². The minimum Gasteiger partial charge on any atom is -0.493 e. The van der Waals surface area contributed by atoms with Crippen LogP contribution in [0.2, 0.25) is 0 Å². The Kier molecular flexibility index (Phi) is 4.88. The summed E-state index contributed by atoms with van der Waals surface area (Å²) in [6, 6.07) is 3.34. The molecule has 2 rings (SSSR count). The van der Waals surface area contributed by atoms with Crippen molar-refractivity contribution >= 4 is 21.9 Å². The highest BCUT2D eigenvalue weighted by Crippen LogP contribution is 2.34. The average Bonchev–Trinajstić information content (AvgIpc) is 2.88. The monoisotopic (exact) mass is 343 g/mol. The fourth-order valence-electron chi connectivity index (χ4n) is 2.53. The molecule has 1 atom stereocenters. The van der Waals surface area contributed by atoms with Crippen molar-refractivity contribution in [2.24, 2.45) is 0 Å². The zero-order valence-electron chi connectivity index (χ0n) is 11.6. The number of likely N-dealkylation sites (tertiary alicyclic amines) is 1. The van der Waals surface area contributed by atoms with Gasteiger partial charge in [-0.2, -0.15) is 0 Å². The van der Waals surface area contributed by atoms with Crippen LogP contribution >= 0.6 is 15.9 Å². The van der Waals surface area contributed by atoms with Crippen LogP contribution in [0, 0.1) is 0 Å². The lowest BCUT2D eigenvalue weighted by atomic mass is 10.1. The van der Waals surface area contributed by atoms with E-state index < -0.39 is 12.0 Å². The van der Waals surface area contributed by atoms with Gasteiger partial charge in [0.15, 0.2) is 11.5 Å². The van der Waals surface area contributed by atoms with Crippen molar-refractivity contribution in [3.63, 3.8) is 0 Å². The number of benzene rings is 1. The lowest BCUT2D eigenvalue weighted by Crippen LogP contribution is -2.35. The molecule has 1 heterocycles. The summed E-state index contributed by atoms with van der Waals surface area (Å²) in [5.74, 6) is 0.551. The van der Waals surface area contributed by atoms with E-state index >= 15 is 0 Å². The van der Waals surface area contributed by atoms with Gasteiger partial charge in [-0.05, 0) is 37.1 Å². The van der Waals surface area contributed by atoms with Gasteiger partial charge in [-0.15, -0.1) is 0 Å². The summed E-state index contributed by atoms with van der Waals surface area (Å²) in [6.07, 6.45) is 1.63. The fraction of sp³-hybridized carbons (Fsp3) is 0.500. The summed E-state index contributed by atoms with van der Waals surface area (Å²) in [5, 5.41) is 9.22. The molecule has 1 fully saturated rings. The summed E-state index contributed by atoms with van der Waals surface area (Å²) >= 11 is 3.51. The number of methoxy groups -OCH3 is 2. The number of carboxylic acid groups (broad SMARTS) is 1. The summed E-state index contributed by atoms with van der Waals surface area (Å²) in [4.78, 5) is 13.2. The Balaban J connectivity index is 2.23. The van der Waals surface area contributed by atoms with Crippen LogP contribution in [0.1, 0.15) is 18.4 Å². The summed E-state index contributed by atoms with van der Waals surface area (Å²) < 4.78 is 11.4. The van der Waals surface area contributed by atoms with Gasteiger partial charge in [0.05, 0.1) is 14.2 Å². The zero-order valence-corrected chi connectivity index (χ0v) is 13.1. The molecular weight excluding hydrogens is 326 g/mol. The number of hydrogen-bond donors (Lipinski definition) is 1. The molecule has 0 aliphatic carbocycles. The van der Waals surface area contributed by atoms with Crippen LogP contribution < -0.4 is 9.47 Å². The molecule has 1 aliphatic rings. The lowest BCUT2D eigenvalue weighted by molar-refractivity contribution is -0.142. The van der Waals surface area contributed by atoms with E-state index in [1.165, 1.54) is 0 Å². The summed E-state index contributed by atoms with van der Waals surface area (Å²) in [7, 11) is 3.18. The van der Waals surface area contributed by atoms with Crippen LogP contribution in [-0.4, -0.2) is 42.8 Å². The number of nitrogens with zero attached hydrogens (tertiary/aromatic N) is 1. The van der Waals surface area contributed by atoms with Crippen LogP contribution in [0.3, 0.4) is 0 Å². The Hall–Kier alpha value is -1.27. The highest BCUT2D eigenvalue weighted by Gasteiger charge is 2.30. The third-order valence-corrected chi connectivity index (χ3v) is 4.31. The number of carbonyl (C=O) groups is 1. The highest BCUT2D eigenvalue weighted by molar-refractivity contribution is 9.10. The lowest BCUT2D eigenvalue weighted by Gasteiger charge is -2.22. The number of ether oxygens (including phenoxy) is 2. The van der Waals surface area contributed by atoms with Crippen molar-refractivity contribution in [2.75, 3.05) is 20.8 Å². The van der Waals surface area contributed by atoms with E-state index in [0.717, 1.165) is 23.0 Å². The summed E-state index contributed by atoms with van der Waals surface area (Å²) in [6.45, 7) is 1.38. The zero-order chi connectivity index (χ0) is 14.7. The molecule has 1 N–H and O–H groups in total. The van der Waals surface area contributed by atoms with Crippen molar-refractivity contribution < 1.29 is 19.4 Å². The predicted molar refractivity (Wildman–Crippen MR) is 78.3 cm³/mol. The van der Waals surface area contributed by atoms with Gasteiger partial charge in [-0.25, -0.2) is 0 Å². The smallest absolute Gasteiger partial charge is 0.320 e. The first-order valence-corrected chi connectivity index (χ1v) is 7.23. The number of rotatable bonds is 5. The minimum atomic E-state index is -0.751. The standard InChI is InChI=1S/C14H18BrNO4/c1-19-12-6-9(10(15)7-13(12)20-2)8-16-5-3-4-11(16)14(17)18/h6-7,11H,3-5,8H2,1-2H3,(H,17,18). The maximum absolute atomic E-state index is 11.2. The molecular formula is C14H18BrNO4. The Morgan fingerprint density at radius 3 is 2.65 bits per heavy atom. The Bertz CT molecular complexity index is 506. The van der Waals surface area contributed by atoms with E-state index in [1.54, 1.807) is 14.2 Å². The first-order chi connectivity index (χ1) is 9.56. The normalized spacial score (nSPS) is 19.1. The van der Waals surface area contributed by atoms with Gasteiger partial charge in [0.1, 0.15) is 6.04 Å². The highest BCUT2D eigenvalue weighted by atomic mass is 79.9. The first-order valence-electron chi connectivity index (χ1n) is 6.44. The van der Waals surface area contributed by atoms with Gasteiger partial charge in [-0.1, -0.05) is 15.9 Å². The van der Waals surface area contributed by atoms with Crippen LogP contribution in [0.4, 0.5) is 0 Å². The first kappa shape index (κ1) is 15.1. The van der Waals surface area contributed by atoms with E-state index in [2.05, 4.69) is 15.9 Å². The van der Waals surface area contributed by atoms with Gasteiger partial charge >= 0.3 is 5.97 Å². The van der Waals surface area contributed by atoms with Crippen molar-refractivity contribution in [1.82, 2.24) is 4.90 Å². The molecule has 1 unspecified atom stereocenters. The predicted octanol–water partition coefficient (Wildman–Crippen LogP) is 2.52. The van der Waals surface area contributed by atoms with Crippen molar-refractivity contribution in [2.45, 2.75) is 25.4 Å². The number of halogens is 1. The Morgan fingerprint density at radius 1 is 1.40 bits per heavy atom. The van der Waals surface area contributed by atoms with Crippen LogP contribution in [-0.2, 0) is 11.3 Å². The number of hydrogen-bond acceptors (Lipinski definition) is 4. The van der Waals surface area contributed by atoms with E-state index in [0.29, 0.717) is 24.5 Å². The minimum absolute atomic E-state index is 0.394. The summed E-state index contributed by atoms with van der Waals surface area (Å²) in [5.41, 5.74) is 0.996. The molecule has 0 spiro atoms. The average molecular weight is 344 g/mol. The Morgan fingerprint density at radius 2 is 2.05 bits per heavy atom.